The highest BCUT2D eigenvalue weighted by Crippen LogP contribution is 2.32. The lowest BCUT2D eigenvalue weighted by atomic mass is 10.1. The monoisotopic (exact) mass is 296 g/mol. The molecule has 0 amide bonds. The fraction of sp³-hybridized carbons (Fsp3) is 0.812. The molecule has 1 atom stereocenters. The van der Waals surface area contributed by atoms with Crippen molar-refractivity contribution < 1.29 is 4.74 Å². The van der Waals surface area contributed by atoms with Crippen LogP contribution in [0, 0.1) is 11.8 Å². The molecule has 1 aromatic rings. The average Bonchev–Trinajstić information content (AvgIpc) is 3.10. The lowest BCUT2D eigenvalue weighted by Crippen LogP contribution is -2.15. The quantitative estimate of drug-likeness (QED) is 0.789. The second-order valence-electron chi connectivity index (χ2n) is 6.58. The van der Waals surface area contributed by atoms with Gasteiger partial charge in [0.1, 0.15) is 11.1 Å². The number of hydrogen-bond acceptors (Lipinski definition) is 4. The summed E-state index contributed by atoms with van der Waals surface area (Å²) in [7, 11) is 1.79. The Morgan fingerprint density at radius 3 is 2.50 bits per heavy atom. The summed E-state index contributed by atoms with van der Waals surface area (Å²) in [6.07, 6.45) is 3.85. The molecule has 1 aliphatic carbocycles. The highest BCUT2D eigenvalue weighted by molar-refractivity contribution is 7.11. The highest BCUT2D eigenvalue weighted by Gasteiger charge is 2.24. The molecule has 0 saturated heterocycles. The number of hydrogen-bond donors (Lipinski definition) is 1. The van der Waals surface area contributed by atoms with Crippen LogP contribution in [0.3, 0.4) is 0 Å². The summed E-state index contributed by atoms with van der Waals surface area (Å²) in [6, 6.07) is 0.746. The zero-order valence-corrected chi connectivity index (χ0v) is 14.2. The molecule has 1 saturated carbocycles. The van der Waals surface area contributed by atoms with Crippen LogP contribution in [-0.2, 0) is 17.7 Å². The van der Waals surface area contributed by atoms with Gasteiger partial charge in [-0.3, -0.25) is 0 Å². The molecule has 4 heteroatoms. The van der Waals surface area contributed by atoms with E-state index in [1.165, 1.54) is 23.4 Å². The Bertz CT molecular complexity index is 424. The first kappa shape index (κ1) is 15.9. The molecule has 2 rings (SSSR count). The zero-order valence-electron chi connectivity index (χ0n) is 13.4. The topological polar surface area (TPSA) is 34.1 Å². The van der Waals surface area contributed by atoms with Gasteiger partial charge in [0.15, 0.2) is 0 Å². The molecule has 1 fully saturated rings. The van der Waals surface area contributed by atoms with Crippen LogP contribution in [-0.4, -0.2) is 18.1 Å². The summed E-state index contributed by atoms with van der Waals surface area (Å²) in [5, 5.41) is 4.76. The summed E-state index contributed by atoms with van der Waals surface area (Å²) >= 11 is 1.83. The second-order valence-corrected chi connectivity index (χ2v) is 7.69. The van der Waals surface area contributed by atoms with Crippen LogP contribution in [0.1, 0.15) is 62.2 Å². The summed E-state index contributed by atoms with van der Waals surface area (Å²) in [6.45, 7) is 9.87. The molecule has 0 aromatic carbocycles. The molecule has 0 radical (unpaired) electrons. The second kappa shape index (κ2) is 7.01. The fourth-order valence-electron chi connectivity index (χ4n) is 2.39. The molecule has 0 bridgehead atoms. The van der Waals surface area contributed by atoms with E-state index in [1.54, 1.807) is 7.11 Å². The number of aromatic nitrogens is 1. The first-order valence-corrected chi connectivity index (χ1v) is 8.57. The maximum Gasteiger partial charge on any atom is 0.122 e. The van der Waals surface area contributed by atoms with E-state index in [0.717, 1.165) is 24.0 Å². The molecule has 114 valence electrons. The smallest absolute Gasteiger partial charge is 0.122 e. The van der Waals surface area contributed by atoms with Crippen molar-refractivity contribution in [2.75, 3.05) is 7.11 Å². The normalized spacial score (nSPS) is 17.1. The largest absolute Gasteiger partial charge is 0.374 e. The van der Waals surface area contributed by atoms with Gasteiger partial charge in [0.05, 0.1) is 5.69 Å². The molecule has 1 N–H and O–H groups in total. The van der Waals surface area contributed by atoms with E-state index in [-0.39, 0.29) is 6.10 Å². The predicted octanol–water partition coefficient (Wildman–Crippen LogP) is 3.94. The number of thiazole rings is 1. The van der Waals surface area contributed by atoms with E-state index in [4.69, 9.17) is 9.72 Å². The first-order valence-electron chi connectivity index (χ1n) is 7.75. The molecule has 1 aliphatic rings. The van der Waals surface area contributed by atoms with Crippen molar-refractivity contribution in [3.8, 4) is 0 Å². The van der Waals surface area contributed by atoms with E-state index in [0.29, 0.717) is 11.8 Å². The van der Waals surface area contributed by atoms with Crippen LogP contribution in [0.15, 0.2) is 0 Å². The third-order valence-electron chi connectivity index (χ3n) is 3.63. The van der Waals surface area contributed by atoms with Crippen LogP contribution < -0.4 is 5.32 Å². The number of ether oxygens (including phenoxy) is 1. The molecule has 0 spiro atoms. The number of rotatable bonds is 8. The van der Waals surface area contributed by atoms with Gasteiger partial charge in [-0.05, 0) is 31.1 Å². The van der Waals surface area contributed by atoms with Gasteiger partial charge in [0.25, 0.3) is 0 Å². The van der Waals surface area contributed by atoms with Crippen molar-refractivity contribution >= 4 is 11.3 Å². The summed E-state index contributed by atoms with van der Waals surface area (Å²) in [4.78, 5) is 6.30. The maximum atomic E-state index is 5.64. The third-order valence-corrected chi connectivity index (χ3v) is 4.79. The van der Waals surface area contributed by atoms with Crippen molar-refractivity contribution in [2.45, 2.75) is 65.6 Å². The first-order chi connectivity index (χ1) is 9.51. The third kappa shape index (κ3) is 4.27. The Balaban J connectivity index is 2.15. The molecule has 20 heavy (non-hydrogen) atoms. The molecule has 1 heterocycles. The van der Waals surface area contributed by atoms with Gasteiger partial charge in [0.2, 0.25) is 0 Å². The van der Waals surface area contributed by atoms with Gasteiger partial charge in [-0.2, -0.15) is 0 Å². The molecule has 3 nitrogen and oxygen atoms in total. The minimum absolute atomic E-state index is 0.126. The Hall–Kier alpha value is -0.450. The molecular formula is C16H28N2OS. The standard InChI is InChI=1S/C16H28N2OS/c1-10(2)8-13-14(9-17-12-6-7-12)20-16(18-13)15(19-5)11(3)4/h10-12,15,17H,6-9H2,1-5H3. The lowest BCUT2D eigenvalue weighted by molar-refractivity contribution is 0.0643. The van der Waals surface area contributed by atoms with Gasteiger partial charge in [-0.1, -0.05) is 27.7 Å². The van der Waals surface area contributed by atoms with Gasteiger partial charge < -0.3 is 10.1 Å². The van der Waals surface area contributed by atoms with Crippen LogP contribution in [0.25, 0.3) is 0 Å². The number of methoxy groups -OCH3 is 1. The SMILES string of the molecule is COC(c1nc(CC(C)C)c(CNC2CC2)s1)C(C)C. The van der Waals surface area contributed by atoms with Gasteiger partial charge >= 0.3 is 0 Å². The Morgan fingerprint density at radius 2 is 2.00 bits per heavy atom. The van der Waals surface area contributed by atoms with E-state index < -0.39 is 0 Å². The number of nitrogens with zero attached hydrogens (tertiary/aromatic N) is 1. The van der Waals surface area contributed by atoms with Gasteiger partial charge in [-0.25, -0.2) is 4.98 Å². The Labute approximate surface area is 127 Å². The minimum atomic E-state index is 0.126. The van der Waals surface area contributed by atoms with Gasteiger partial charge in [0, 0.05) is 24.6 Å². The van der Waals surface area contributed by atoms with Crippen LogP contribution >= 0.6 is 11.3 Å². The molecule has 1 aromatic heterocycles. The number of nitrogens with one attached hydrogen (secondary N) is 1. The van der Waals surface area contributed by atoms with Crippen LogP contribution in [0.5, 0.6) is 0 Å². The summed E-state index contributed by atoms with van der Waals surface area (Å²) in [5.41, 5.74) is 1.27. The zero-order chi connectivity index (χ0) is 14.7. The average molecular weight is 296 g/mol. The summed E-state index contributed by atoms with van der Waals surface area (Å²) < 4.78 is 5.64. The van der Waals surface area contributed by atoms with Crippen LogP contribution in [0.2, 0.25) is 0 Å². The summed E-state index contributed by atoms with van der Waals surface area (Å²) in [5.74, 6) is 1.10. The van der Waals surface area contributed by atoms with E-state index in [2.05, 4.69) is 33.0 Å². The Morgan fingerprint density at radius 1 is 1.30 bits per heavy atom. The maximum absolute atomic E-state index is 5.64. The minimum Gasteiger partial charge on any atom is -0.374 e. The van der Waals surface area contributed by atoms with Gasteiger partial charge in [-0.15, -0.1) is 11.3 Å². The predicted molar refractivity (Wildman–Crippen MR) is 85.1 cm³/mol. The van der Waals surface area contributed by atoms with Crippen molar-refractivity contribution in [2.24, 2.45) is 11.8 Å². The molecule has 1 unspecified atom stereocenters. The highest BCUT2D eigenvalue weighted by atomic mass is 32.1. The molecule has 0 aliphatic heterocycles. The van der Waals surface area contributed by atoms with E-state index in [1.807, 2.05) is 11.3 Å². The lowest BCUT2D eigenvalue weighted by Gasteiger charge is -2.16. The fourth-order valence-corrected chi connectivity index (χ4v) is 3.69. The van der Waals surface area contributed by atoms with E-state index in [9.17, 15) is 0 Å². The van der Waals surface area contributed by atoms with E-state index >= 15 is 0 Å². The van der Waals surface area contributed by atoms with Crippen molar-refractivity contribution in [1.29, 1.82) is 0 Å². The Kier molecular flexibility index (Phi) is 5.58. The van der Waals surface area contributed by atoms with Crippen molar-refractivity contribution in [3.63, 3.8) is 0 Å². The van der Waals surface area contributed by atoms with Crippen molar-refractivity contribution in [3.05, 3.63) is 15.6 Å². The van der Waals surface area contributed by atoms with Crippen molar-refractivity contribution in [1.82, 2.24) is 10.3 Å². The van der Waals surface area contributed by atoms with Crippen LogP contribution in [0.4, 0.5) is 0 Å². The molecular weight excluding hydrogens is 268 g/mol.